The molecule has 0 aliphatic rings. The van der Waals surface area contributed by atoms with E-state index in [0.717, 1.165) is 17.7 Å². The van der Waals surface area contributed by atoms with E-state index in [4.69, 9.17) is 0 Å². The molecule has 0 fully saturated rings. The summed E-state index contributed by atoms with van der Waals surface area (Å²) in [6.07, 6.45) is 0.806. The molecule has 0 spiro atoms. The van der Waals surface area contributed by atoms with Gasteiger partial charge in [-0.2, -0.15) is 0 Å². The molecule has 0 bridgehead atoms. The molecular weight excluding hydrogens is 292 g/mol. The van der Waals surface area contributed by atoms with Crippen LogP contribution in [0.2, 0.25) is 0 Å². The van der Waals surface area contributed by atoms with Gasteiger partial charge in [-0.3, -0.25) is 9.59 Å². The Kier molecular flexibility index (Phi) is 3.85. The maximum absolute atomic E-state index is 11.9. The molecule has 0 aliphatic carbocycles. The lowest BCUT2D eigenvalue weighted by molar-refractivity contribution is 0.478. The van der Waals surface area contributed by atoms with Crippen molar-refractivity contribution in [3.8, 4) is 5.75 Å². The van der Waals surface area contributed by atoms with E-state index in [1.54, 1.807) is 18.2 Å². The first kappa shape index (κ1) is 14.8. The van der Waals surface area contributed by atoms with Crippen LogP contribution in [0, 0.1) is 0 Å². The Labute approximate surface area is 132 Å². The molecule has 0 atom stereocenters. The van der Waals surface area contributed by atoms with E-state index < -0.39 is 10.9 Å². The van der Waals surface area contributed by atoms with Crippen LogP contribution in [0.1, 0.15) is 12.5 Å². The van der Waals surface area contributed by atoms with Crippen molar-refractivity contribution in [2.24, 2.45) is 0 Å². The minimum atomic E-state index is -0.593. The van der Waals surface area contributed by atoms with Gasteiger partial charge >= 0.3 is 0 Å². The number of anilines is 4. The van der Waals surface area contributed by atoms with Crippen LogP contribution in [-0.4, -0.2) is 5.11 Å². The van der Waals surface area contributed by atoms with Crippen LogP contribution in [-0.2, 0) is 6.42 Å². The average molecular weight is 308 g/mol. The van der Waals surface area contributed by atoms with Gasteiger partial charge in [0.1, 0.15) is 17.1 Å². The van der Waals surface area contributed by atoms with Crippen LogP contribution >= 0.6 is 0 Å². The third-order valence-electron chi connectivity index (χ3n) is 3.73. The molecule has 3 aromatic rings. The molecule has 23 heavy (non-hydrogen) atoms. The molecule has 5 heteroatoms. The highest BCUT2D eigenvalue weighted by Crippen LogP contribution is 2.29. The molecule has 116 valence electrons. The number of rotatable bonds is 5. The van der Waals surface area contributed by atoms with Gasteiger partial charge in [-0.25, -0.2) is 0 Å². The van der Waals surface area contributed by atoms with Crippen molar-refractivity contribution in [3.05, 3.63) is 74.5 Å². The zero-order valence-electron chi connectivity index (χ0n) is 12.6. The zero-order chi connectivity index (χ0) is 16.4. The van der Waals surface area contributed by atoms with Gasteiger partial charge in [-0.05, 0) is 30.2 Å². The summed E-state index contributed by atoms with van der Waals surface area (Å²) >= 11 is 0. The number of aromatic hydroxyl groups is 1. The zero-order valence-corrected chi connectivity index (χ0v) is 12.6. The van der Waals surface area contributed by atoms with Crippen molar-refractivity contribution >= 4 is 22.7 Å². The van der Waals surface area contributed by atoms with E-state index in [2.05, 4.69) is 10.6 Å². The lowest BCUT2D eigenvalue weighted by atomic mass is 10.1. The number of para-hydroxylation sites is 3. The second-order valence-electron chi connectivity index (χ2n) is 5.19. The van der Waals surface area contributed by atoms with Gasteiger partial charge < -0.3 is 15.7 Å². The monoisotopic (exact) mass is 308 g/mol. The molecule has 0 unspecified atom stereocenters. The number of phenolic OH excluding ortho intramolecular Hbond substituents is 1. The molecule has 0 aromatic heterocycles. The van der Waals surface area contributed by atoms with Crippen LogP contribution in [0.4, 0.5) is 22.7 Å². The molecule has 0 saturated carbocycles. The van der Waals surface area contributed by atoms with Gasteiger partial charge in [0.15, 0.2) is 0 Å². The van der Waals surface area contributed by atoms with Crippen LogP contribution in [0.15, 0.2) is 58.1 Å². The minimum absolute atomic E-state index is 0.0143. The highest BCUT2D eigenvalue weighted by Gasteiger charge is 2.22. The molecule has 0 amide bonds. The lowest BCUT2D eigenvalue weighted by Crippen LogP contribution is -2.35. The Hall–Kier alpha value is -3.08. The minimum Gasteiger partial charge on any atom is -0.506 e. The van der Waals surface area contributed by atoms with Gasteiger partial charge in [-0.15, -0.1) is 0 Å². The summed E-state index contributed by atoms with van der Waals surface area (Å²) in [6.45, 7) is 2.02. The van der Waals surface area contributed by atoms with E-state index in [9.17, 15) is 14.7 Å². The van der Waals surface area contributed by atoms with Crippen LogP contribution in [0.3, 0.4) is 0 Å². The highest BCUT2D eigenvalue weighted by atomic mass is 16.3. The largest absolute Gasteiger partial charge is 0.506 e. The maximum atomic E-state index is 11.9. The van der Waals surface area contributed by atoms with Crippen molar-refractivity contribution in [3.63, 3.8) is 0 Å². The second-order valence-corrected chi connectivity index (χ2v) is 5.19. The molecule has 0 saturated heterocycles. The molecule has 3 rings (SSSR count). The lowest BCUT2D eigenvalue weighted by Gasteiger charge is -2.17. The van der Waals surface area contributed by atoms with E-state index in [0.29, 0.717) is 5.69 Å². The molecule has 0 radical (unpaired) electrons. The van der Waals surface area contributed by atoms with Gasteiger partial charge in [-0.1, -0.05) is 37.3 Å². The maximum Gasteiger partial charge on any atom is 0.253 e. The average Bonchev–Trinajstić information content (AvgIpc) is 2.59. The van der Waals surface area contributed by atoms with Gasteiger partial charge in [0.25, 0.3) is 10.9 Å². The van der Waals surface area contributed by atoms with Crippen molar-refractivity contribution < 1.29 is 5.11 Å². The predicted molar refractivity (Wildman–Crippen MR) is 91.8 cm³/mol. The van der Waals surface area contributed by atoms with Crippen molar-refractivity contribution in [1.82, 2.24) is 0 Å². The SMILES string of the molecule is CCc1ccccc1Nc1c(Nc2ccccc2O)c(=O)c1=O. The first-order chi connectivity index (χ1) is 11.1. The molecule has 3 aromatic carbocycles. The Morgan fingerprint density at radius 1 is 0.826 bits per heavy atom. The number of hydrogen-bond donors (Lipinski definition) is 3. The first-order valence-electron chi connectivity index (χ1n) is 7.35. The van der Waals surface area contributed by atoms with Crippen LogP contribution in [0.5, 0.6) is 5.75 Å². The predicted octanol–water partition coefficient (Wildman–Crippen LogP) is 3.04. The van der Waals surface area contributed by atoms with E-state index in [1.807, 2.05) is 31.2 Å². The van der Waals surface area contributed by atoms with E-state index in [-0.39, 0.29) is 17.1 Å². The third-order valence-corrected chi connectivity index (χ3v) is 3.73. The molecule has 0 aliphatic heterocycles. The molecule has 0 heterocycles. The number of phenols is 1. The van der Waals surface area contributed by atoms with Crippen molar-refractivity contribution in [1.29, 1.82) is 0 Å². The summed E-state index contributed by atoms with van der Waals surface area (Å²) in [7, 11) is 0. The fraction of sp³-hybridized carbons (Fsp3) is 0.111. The number of hydrogen-bond acceptors (Lipinski definition) is 5. The molecule has 3 N–H and O–H groups in total. The Balaban J connectivity index is 1.93. The second kappa shape index (κ2) is 5.96. The summed E-state index contributed by atoms with van der Waals surface area (Å²) < 4.78 is 0. The summed E-state index contributed by atoms with van der Waals surface area (Å²) in [5.74, 6) is 0.0143. The number of aryl methyl sites for hydroxylation is 1. The first-order valence-corrected chi connectivity index (χ1v) is 7.35. The van der Waals surface area contributed by atoms with E-state index in [1.165, 1.54) is 6.07 Å². The Bertz CT molecular complexity index is 924. The quantitative estimate of drug-likeness (QED) is 0.499. The Morgan fingerprint density at radius 3 is 1.96 bits per heavy atom. The number of nitrogens with one attached hydrogen (secondary N) is 2. The van der Waals surface area contributed by atoms with Gasteiger partial charge in [0.05, 0.1) is 5.69 Å². The molecule has 5 nitrogen and oxygen atoms in total. The van der Waals surface area contributed by atoms with Gasteiger partial charge in [0, 0.05) is 5.69 Å². The van der Waals surface area contributed by atoms with Crippen LogP contribution in [0.25, 0.3) is 0 Å². The molecular formula is C18H16N2O3. The summed E-state index contributed by atoms with van der Waals surface area (Å²) in [5, 5.41) is 15.7. The topological polar surface area (TPSA) is 78.4 Å². The highest BCUT2D eigenvalue weighted by molar-refractivity contribution is 5.83. The standard InChI is InChI=1S/C18H16N2O3/c1-2-11-7-3-4-8-12(11)19-15-16(18(23)17(15)22)20-13-9-5-6-10-14(13)21/h3-10,19-21H,2H2,1H3. The Morgan fingerprint density at radius 2 is 1.35 bits per heavy atom. The smallest absolute Gasteiger partial charge is 0.253 e. The van der Waals surface area contributed by atoms with Crippen molar-refractivity contribution in [2.75, 3.05) is 10.6 Å². The van der Waals surface area contributed by atoms with Crippen molar-refractivity contribution in [2.45, 2.75) is 13.3 Å². The third kappa shape index (κ3) is 2.68. The van der Waals surface area contributed by atoms with Crippen LogP contribution < -0.4 is 21.5 Å². The number of benzene rings is 2. The van der Waals surface area contributed by atoms with E-state index >= 15 is 0 Å². The summed E-state index contributed by atoms with van der Waals surface area (Å²) in [4.78, 5) is 23.7. The summed E-state index contributed by atoms with van der Waals surface area (Å²) in [6, 6.07) is 14.2. The normalized spacial score (nSPS) is 10.7. The fourth-order valence-electron chi connectivity index (χ4n) is 2.43. The summed E-state index contributed by atoms with van der Waals surface area (Å²) in [5.41, 5.74) is 1.46. The fourth-order valence-corrected chi connectivity index (χ4v) is 2.43. The van der Waals surface area contributed by atoms with Gasteiger partial charge in [0.2, 0.25) is 0 Å².